The van der Waals surface area contributed by atoms with Crippen LogP contribution in [-0.2, 0) is 16.7 Å². The van der Waals surface area contributed by atoms with E-state index in [2.05, 4.69) is 28.4 Å². The maximum Gasteiger partial charge on any atom is 0.160 e. The molecule has 1 aliphatic heterocycles. The molecule has 3 rings (SSSR count). The molecule has 2 aromatic heterocycles. The third kappa shape index (κ3) is 1.94. The highest BCUT2D eigenvalue weighted by molar-refractivity contribution is 6.17. The van der Waals surface area contributed by atoms with Crippen LogP contribution in [0.15, 0.2) is 18.3 Å². The van der Waals surface area contributed by atoms with Crippen LogP contribution >= 0.6 is 11.6 Å². The summed E-state index contributed by atoms with van der Waals surface area (Å²) in [7, 11) is 0. The molecule has 0 spiro atoms. The Hall–Kier alpha value is -1.13. The SMILES string of the molecule is CC1OCCC1(C)n1c(CCCl)nc2cccnc21. The number of hydrogen-bond donors (Lipinski definition) is 0. The normalized spacial score (nSPS) is 27.2. The van der Waals surface area contributed by atoms with E-state index >= 15 is 0 Å². The average Bonchev–Trinajstić information content (AvgIpc) is 2.92. The predicted molar refractivity (Wildman–Crippen MR) is 75.6 cm³/mol. The second-order valence-corrected chi connectivity index (χ2v) is 5.65. The predicted octanol–water partition coefficient (Wildman–Crippen LogP) is 2.74. The van der Waals surface area contributed by atoms with E-state index in [0.29, 0.717) is 5.88 Å². The van der Waals surface area contributed by atoms with E-state index in [-0.39, 0.29) is 11.6 Å². The quantitative estimate of drug-likeness (QED) is 0.811. The van der Waals surface area contributed by atoms with Crippen LogP contribution in [0.4, 0.5) is 0 Å². The Morgan fingerprint density at radius 1 is 1.58 bits per heavy atom. The van der Waals surface area contributed by atoms with Crippen LogP contribution in [0.3, 0.4) is 0 Å². The molecular weight excluding hydrogens is 262 g/mol. The fourth-order valence-corrected chi connectivity index (χ4v) is 3.04. The van der Waals surface area contributed by atoms with Gasteiger partial charge in [-0.3, -0.25) is 0 Å². The monoisotopic (exact) mass is 279 g/mol. The van der Waals surface area contributed by atoms with Gasteiger partial charge < -0.3 is 9.30 Å². The van der Waals surface area contributed by atoms with E-state index in [9.17, 15) is 0 Å². The van der Waals surface area contributed by atoms with Crippen LogP contribution in [0.5, 0.6) is 0 Å². The molecule has 3 heterocycles. The number of aryl methyl sites for hydroxylation is 1. The molecule has 2 aromatic rings. The summed E-state index contributed by atoms with van der Waals surface area (Å²) in [4.78, 5) is 9.20. The van der Waals surface area contributed by atoms with Crippen LogP contribution in [0.25, 0.3) is 11.2 Å². The van der Waals surface area contributed by atoms with E-state index in [4.69, 9.17) is 16.3 Å². The Morgan fingerprint density at radius 3 is 3.11 bits per heavy atom. The first-order valence-corrected chi connectivity index (χ1v) is 7.20. The van der Waals surface area contributed by atoms with Gasteiger partial charge in [-0.05, 0) is 32.4 Å². The molecule has 102 valence electrons. The summed E-state index contributed by atoms with van der Waals surface area (Å²) >= 11 is 5.92. The van der Waals surface area contributed by atoms with Crippen LogP contribution in [0.1, 0.15) is 26.1 Å². The molecule has 0 radical (unpaired) electrons. The lowest BCUT2D eigenvalue weighted by Crippen LogP contribution is -2.38. The zero-order valence-corrected chi connectivity index (χ0v) is 12.0. The molecule has 2 unspecified atom stereocenters. The molecule has 0 bridgehead atoms. The number of alkyl halides is 1. The van der Waals surface area contributed by atoms with Crippen molar-refractivity contribution in [3.05, 3.63) is 24.2 Å². The van der Waals surface area contributed by atoms with Gasteiger partial charge in [0.1, 0.15) is 11.3 Å². The second kappa shape index (κ2) is 4.76. The molecule has 1 aliphatic rings. The molecule has 19 heavy (non-hydrogen) atoms. The summed E-state index contributed by atoms with van der Waals surface area (Å²) in [5.74, 6) is 1.57. The van der Waals surface area contributed by atoms with Crippen LogP contribution in [0, 0.1) is 0 Å². The molecule has 0 amide bonds. The Bertz CT molecular complexity index is 597. The Balaban J connectivity index is 2.22. The van der Waals surface area contributed by atoms with Gasteiger partial charge >= 0.3 is 0 Å². The maximum absolute atomic E-state index is 5.92. The highest BCUT2D eigenvalue weighted by atomic mass is 35.5. The highest BCUT2D eigenvalue weighted by Gasteiger charge is 2.41. The number of aromatic nitrogens is 3. The average molecular weight is 280 g/mol. The number of pyridine rings is 1. The lowest BCUT2D eigenvalue weighted by molar-refractivity contribution is 0.0762. The summed E-state index contributed by atoms with van der Waals surface area (Å²) in [5, 5.41) is 0. The fourth-order valence-electron chi connectivity index (χ4n) is 2.87. The summed E-state index contributed by atoms with van der Waals surface area (Å²) in [5.41, 5.74) is 1.77. The number of halogens is 1. The van der Waals surface area contributed by atoms with Gasteiger partial charge in [0.25, 0.3) is 0 Å². The van der Waals surface area contributed by atoms with Crippen LogP contribution in [-0.4, -0.2) is 33.1 Å². The maximum atomic E-state index is 5.92. The van der Waals surface area contributed by atoms with Crippen molar-refractivity contribution in [3.8, 4) is 0 Å². The lowest BCUT2D eigenvalue weighted by Gasteiger charge is -2.31. The van der Waals surface area contributed by atoms with E-state index in [1.54, 1.807) is 0 Å². The van der Waals surface area contributed by atoms with Gasteiger partial charge in [-0.1, -0.05) is 0 Å². The van der Waals surface area contributed by atoms with Crippen molar-refractivity contribution in [2.75, 3.05) is 12.5 Å². The second-order valence-electron chi connectivity index (χ2n) is 5.27. The number of nitrogens with zero attached hydrogens (tertiary/aromatic N) is 3. The van der Waals surface area contributed by atoms with Crippen molar-refractivity contribution >= 4 is 22.8 Å². The first-order valence-electron chi connectivity index (χ1n) is 6.67. The molecule has 0 aliphatic carbocycles. The van der Waals surface area contributed by atoms with Crippen molar-refractivity contribution < 1.29 is 4.74 Å². The molecule has 0 aromatic carbocycles. The summed E-state index contributed by atoms with van der Waals surface area (Å²) in [6.45, 7) is 5.12. The molecule has 1 fully saturated rings. The molecule has 0 N–H and O–H groups in total. The van der Waals surface area contributed by atoms with E-state index in [1.807, 2.05) is 18.3 Å². The summed E-state index contributed by atoms with van der Waals surface area (Å²) in [6.07, 6.45) is 3.70. The van der Waals surface area contributed by atoms with Crippen molar-refractivity contribution in [3.63, 3.8) is 0 Å². The van der Waals surface area contributed by atoms with E-state index in [1.165, 1.54) is 0 Å². The molecule has 0 saturated carbocycles. The highest BCUT2D eigenvalue weighted by Crippen LogP contribution is 2.36. The molecule has 1 saturated heterocycles. The number of imidazole rings is 1. The first-order chi connectivity index (χ1) is 9.16. The smallest absolute Gasteiger partial charge is 0.160 e. The number of fused-ring (bicyclic) bond motifs is 1. The van der Waals surface area contributed by atoms with Crippen molar-refractivity contribution in [2.45, 2.75) is 38.3 Å². The van der Waals surface area contributed by atoms with E-state index < -0.39 is 0 Å². The zero-order valence-electron chi connectivity index (χ0n) is 11.3. The van der Waals surface area contributed by atoms with Gasteiger partial charge in [0.2, 0.25) is 0 Å². The van der Waals surface area contributed by atoms with Gasteiger partial charge in [0, 0.05) is 25.1 Å². The topological polar surface area (TPSA) is 39.9 Å². The van der Waals surface area contributed by atoms with Gasteiger partial charge in [-0.25, -0.2) is 9.97 Å². The molecule has 2 atom stereocenters. The minimum absolute atomic E-state index is 0.0928. The van der Waals surface area contributed by atoms with Crippen molar-refractivity contribution in [2.24, 2.45) is 0 Å². The largest absolute Gasteiger partial charge is 0.376 e. The number of ether oxygens (including phenoxy) is 1. The fraction of sp³-hybridized carbons (Fsp3) is 0.571. The minimum atomic E-state index is -0.0928. The van der Waals surface area contributed by atoms with Crippen molar-refractivity contribution in [1.29, 1.82) is 0 Å². The Kier molecular flexibility index (Phi) is 3.23. The van der Waals surface area contributed by atoms with E-state index in [0.717, 1.165) is 36.4 Å². The van der Waals surface area contributed by atoms with Crippen LogP contribution < -0.4 is 0 Å². The third-order valence-corrected chi connectivity index (χ3v) is 4.36. The lowest BCUT2D eigenvalue weighted by atomic mass is 9.94. The summed E-state index contributed by atoms with van der Waals surface area (Å²) < 4.78 is 8.00. The minimum Gasteiger partial charge on any atom is -0.376 e. The Morgan fingerprint density at radius 2 is 2.42 bits per heavy atom. The standard InChI is InChI=1S/C14H18ClN3O/c1-10-14(2,6-9-19-10)18-12(5-7-15)17-11-4-3-8-16-13(11)18/h3-4,8,10H,5-7,9H2,1-2H3. The zero-order chi connectivity index (χ0) is 13.5. The van der Waals surface area contributed by atoms with Gasteiger partial charge in [0.05, 0.1) is 11.6 Å². The van der Waals surface area contributed by atoms with Gasteiger partial charge in [0.15, 0.2) is 5.65 Å². The molecule has 5 heteroatoms. The van der Waals surface area contributed by atoms with Crippen LogP contribution in [0.2, 0.25) is 0 Å². The van der Waals surface area contributed by atoms with Crippen molar-refractivity contribution in [1.82, 2.24) is 14.5 Å². The number of hydrogen-bond acceptors (Lipinski definition) is 3. The first kappa shape index (κ1) is 12.9. The molecule has 4 nitrogen and oxygen atoms in total. The summed E-state index contributed by atoms with van der Waals surface area (Å²) in [6, 6.07) is 3.92. The van der Waals surface area contributed by atoms with Gasteiger partial charge in [-0.2, -0.15) is 0 Å². The Labute approximate surface area is 117 Å². The third-order valence-electron chi connectivity index (χ3n) is 4.17. The van der Waals surface area contributed by atoms with Gasteiger partial charge in [-0.15, -0.1) is 11.6 Å². The number of rotatable bonds is 3. The molecular formula is C14H18ClN3O.